The van der Waals surface area contributed by atoms with Gasteiger partial charge in [0.1, 0.15) is 0 Å². The SMILES string of the molecule is COC1CCC(C(=O)Nc2nc3ccccc3[nH]2)CC1. The smallest absolute Gasteiger partial charge is 0.229 e. The maximum absolute atomic E-state index is 12.2. The summed E-state index contributed by atoms with van der Waals surface area (Å²) in [5.41, 5.74) is 1.80. The Hall–Kier alpha value is -1.88. The number of fused-ring (bicyclic) bond motifs is 1. The molecule has 0 spiro atoms. The van der Waals surface area contributed by atoms with Gasteiger partial charge in [-0.05, 0) is 37.8 Å². The summed E-state index contributed by atoms with van der Waals surface area (Å²) < 4.78 is 5.33. The van der Waals surface area contributed by atoms with E-state index in [1.807, 2.05) is 24.3 Å². The molecule has 1 fully saturated rings. The van der Waals surface area contributed by atoms with E-state index in [0.717, 1.165) is 36.7 Å². The molecule has 0 bridgehead atoms. The number of nitrogens with zero attached hydrogens (tertiary/aromatic N) is 1. The van der Waals surface area contributed by atoms with Gasteiger partial charge in [0.25, 0.3) is 0 Å². The maximum atomic E-state index is 12.2. The molecule has 0 saturated heterocycles. The van der Waals surface area contributed by atoms with E-state index >= 15 is 0 Å². The van der Waals surface area contributed by atoms with E-state index in [1.54, 1.807) is 7.11 Å². The molecule has 1 aromatic heterocycles. The van der Waals surface area contributed by atoms with Gasteiger partial charge in [0, 0.05) is 13.0 Å². The quantitative estimate of drug-likeness (QED) is 0.903. The molecule has 1 aliphatic rings. The Morgan fingerprint density at radius 3 is 2.75 bits per heavy atom. The monoisotopic (exact) mass is 273 g/mol. The van der Waals surface area contributed by atoms with Crippen LogP contribution < -0.4 is 5.32 Å². The number of aromatic nitrogens is 2. The Morgan fingerprint density at radius 1 is 1.30 bits per heavy atom. The second-order valence-corrected chi connectivity index (χ2v) is 5.30. The number of carbonyl (C=O) groups excluding carboxylic acids is 1. The van der Waals surface area contributed by atoms with Gasteiger partial charge in [0.15, 0.2) is 0 Å². The number of anilines is 1. The van der Waals surface area contributed by atoms with Crippen LogP contribution in [0.4, 0.5) is 5.95 Å². The summed E-state index contributed by atoms with van der Waals surface area (Å²) in [4.78, 5) is 19.7. The molecule has 5 nitrogen and oxygen atoms in total. The van der Waals surface area contributed by atoms with Crippen LogP contribution in [0, 0.1) is 5.92 Å². The van der Waals surface area contributed by atoms with Gasteiger partial charge in [-0.3, -0.25) is 10.1 Å². The summed E-state index contributed by atoms with van der Waals surface area (Å²) in [5.74, 6) is 0.651. The lowest BCUT2D eigenvalue weighted by molar-refractivity contribution is -0.121. The molecular formula is C15H19N3O2. The van der Waals surface area contributed by atoms with E-state index in [4.69, 9.17) is 4.74 Å². The summed E-state index contributed by atoms with van der Waals surface area (Å²) in [6.07, 6.45) is 3.98. The molecule has 5 heteroatoms. The van der Waals surface area contributed by atoms with Gasteiger partial charge in [0.2, 0.25) is 11.9 Å². The summed E-state index contributed by atoms with van der Waals surface area (Å²) in [6.45, 7) is 0. The van der Waals surface area contributed by atoms with Crippen LogP contribution in [-0.4, -0.2) is 29.1 Å². The average molecular weight is 273 g/mol. The molecule has 1 heterocycles. The van der Waals surface area contributed by atoms with E-state index < -0.39 is 0 Å². The molecular weight excluding hydrogens is 254 g/mol. The predicted molar refractivity (Wildman–Crippen MR) is 77.5 cm³/mol. The van der Waals surface area contributed by atoms with Crippen LogP contribution in [0.3, 0.4) is 0 Å². The molecule has 1 aliphatic carbocycles. The van der Waals surface area contributed by atoms with Gasteiger partial charge >= 0.3 is 0 Å². The van der Waals surface area contributed by atoms with Crippen LogP contribution in [-0.2, 0) is 9.53 Å². The number of amides is 1. The number of hydrogen-bond donors (Lipinski definition) is 2. The first-order chi connectivity index (χ1) is 9.76. The zero-order chi connectivity index (χ0) is 13.9. The Labute approximate surface area is 117 Å². The topological polar surface area (TPSA) is 67.0 Å². The molecule has 1 aromatic carbocycles. The zero-order valence-electron chi connectivity index (χ0n) is 11.6. The summed E-state index contributed by atoms with van der Waals surface area (Å²) >= 11 is 0. The van der Waals surface area contributed by atoms with E-state index in [0.29, 0.717) is 12.1 Å². The van der Waals surface area contributed by atoms with Crippen LogP contribution in [0.2, 0.25) is 0 Å². The van der Waals surface area contributed by atoms with Gasteiger partial charge in [-0.25, -0.2) is 4.98 Å². The van der Waals surface area contributed by atoms with Crippen molar-refractivity contribution >= 4 is 22.9 Å². The molecule has 0 atom stereocenters. The first-order valence-electron chi connectivity index (χ1n) is 7.04. The highest BCUT2D eigenvalue weighted by atomic mass is 16.5. The number of carbonyl (C=O) groups is 1. The summed E-state index contributed by atoms with van der Waals surface area (Å²) in [7, 11) is 1.74. The van der Waals surface area contributed by atoms with Crippen LogP contribution in [0.5, 0.6) is 0 Å². The molecule has 2 N–H and O–H groups in total. The van der Waals surface area contributed by atoms with Crippen molar-refractivity contribution in [1.29, 1.82) is 0 Å². The number of benzene rings is 1. The largest absolute Gasteiger partial charge is 0.381 e. The third-order valence-corrected chi connectivity index (χ3v) is 4.01. The third kappa shape index (κ3) is 2.67. The minimum Gasteiger partial charge on any atom is -0.381 e. The maximum Gasteiger partial charge on any atom is 0.229 e. The summed E-state index contributed by atoms with van der Waals surface area (Å²) in [5, 5.41) is 2.89. The zero-order valence-corrected chi connectivity index (χ0v) is 11.6. The lowest BCUT2D eigenvalue weighted by Crippen LogP contribution is -2.29. The Balaban J connectivity index is 1.64. The van der Waals surface area contributed by atoms with Crippen LogP contribution in [0.1, 0.15) is 25.7 Å². The minimum absolute atomic E-state index is 0.0543. The Kier molecular flexibility index (Phi) is 3.69. The van der Waals surface area contributed by atoms with Gasteiger partial charge in [-0.1, -0.05) is 12.1 Å². The van der Waals surface area contributed by atoms with Gasteiger partial charge < -0.3 is 9.72 Å². The number of imidazole rings is 1. The van der Waals surface area contributed by atoms with Gasteiger partial charge in [-0.2, -0.15) is 0 Å². The lowest BCUT2D eigenvalue weighted by atomic mass is 9.87. The average Bonchev–Trinajstić information content (AvgIpc) is 2.89. The van der Waals surface area contributed by atoms with Crippen molar-refractivity contribution in [3.8, 4) is 0 Å². The fraction of sp³-hybridized carbons (Fsp3) is 0.467. The van der Waals surface area contributed by atoms with Crippen molar-refractivity contribution in [1.82, 2.24) is 9.97 Å². The fourth-order valence-electron chi connectivity index (χ4n) is 2.79. The molecule has 3 rings (SSSR count). The van der Waals surface area contributed by atoms with E-state index in [-0.39, 0.29) is 11.8 Å². The first kappa shape index (κ1) is 13.1. The standard InChI is InChI=1S/C15H19N3O2/c1-20-11-8-6-10(7-9-11)14(19)18-15-16-12-4-2-3-5-13(12)17-15/h2-5,10-11H,6-9H2,1H3,(H2,16,17,18,19). The first-order valence-corrected chi connectivity index (χ1v) is 7.04. The van der Waals surface area contributed by atoms with Crippen LogP contribution >= 0.6 is 0 Å². The summed E-state index contributed by atoms with van der Waals surface area (Å²) in [6, 6.07) is 7.74. The molecule has 0 radical (unpaired) electrons. The Morgan fingerprint density at radius 2 is 2.05 bits per heavy atom. The van der Waals surface area contributed by atoms with E-state index in [9.17, 15) is 4.79 Å². The van der Waals surface area contributed by atoms with Gasteiger partial charge in [-0.15, -0.1) is 0 Å². The normalized spacial score (nSPS) is 22.9. The minimum atomic E-state index is 0.0543. The molecule has 0 unspecified atom stereocenters. The highest BCUT2D eigenvalue weighted by Gasteiger charge is 2.26. The van der Waals surface area contributed by atoms with E-state index in [2.05, 4.69) is 15.3 Å². The lowest BCUT2D eigenvalue weighted by Gasteiger charge is -2.26. The number of hydrogen-bond acceptors (Lipinski definition) is 3. The predicted octanol–water partition coefficient (Wildman–Crippen LogP) is 2.71. The molecule has 1 amide bonds. The van der Waals surface area contributed by atoms with E-state index in [1.165, 1.54) is 0 Å². The molecule has 1 saturated carbocycles. The van der Waals surface area contributed by atoms with Crippen LogP contribution in [0.25, 0.3) is 11.0 Å². The number of H-pyrrole nitrogens is 1. The third-order valence-electron chi connectivity index (χ3n) is 4.01. The molecule has 20 heavy (non-hydrogen) atoms. The number of rotatable bonds is 3. The van der Waals surface area contributed by atoms with Crippen molar-refractivity contribution in [3.05, 3.63) is 24.3 Å². The van der Waals surface area contributed by atoms with Crippen molar-refractivity contribution in [3.63, 3.8) is 0 Å². The second kappa shape index (κ2) is 5.63. The molecule has 2 aromatic rings. The fourth-order valence-corrected chi connectivity index (χ4v) is 2.79. The van der Waals surface area contributed by atoms with Crippen molar-refractivity contribution < 1.29 is 9.53 Å². The van der Waals surface area contributed by atoms with Crippen molar-refractivity contribution in [2.24, 2.45) is 5.92 Å². The number of ether oxygens (including phenoxy) is 1. The highest BCUT2D eigenvalue weighted by molar-refractivity contribution is 5.92. The van der Waals surface area contributed by atoms with Gasteiger partial charge in [0.05, 0.1) is 17.1 Å². The van der Waals surface area contributed by atoms with Crippen molar-refractivity contribution in [2.45, 2.75) is 31.8 Å². The molecule has 106 valence electrons. The highest BCUT2D eigenvalue weighted by Crippen LogP contribution is 2.27. The van der Waals surface area contributed by atoms with Crippen LogP contribution in [0.15, 0.2) is 24.3 Å². The number of para-hydroxylation sites is 2. The molecule has 0 aliphatic heterocycles. The number of nitrogens with one attached hydrogen (secondary N) is 2. The number of methoxy groups -OCH3 is 1. The second-order valence-electron chi connectivity index (χ2n) is 5.30. The van der Waals surface area contributed by atoms with Crippen molar-refractivity contribution in [2.75, 3.05) is 12.4 Å². The number of aromatic amines is 1. The Bertz CT molecular complexity index is 567.